The molecule has 1 amide bonds. The molecular weight excluding hydrogens is 268 g/mol. The Morgan fingerprint density at radius 1 is 1.24 bits per heavy atom. The van der Waals surface area contributed by atoms with Gasteiger partial charge in [0.1, 0.15) is 5.60 Å². The van der Waals surface area contributed by atoms with Gasteiger partial charge < -0.3 is 14.8 Å². The maximum Gasteiger partial charge on any atom is 0.256 e. The van der Waals surface area contributed by atoms with Crippen LogP contribution in [0.3, 0.4) is 0 Å². The summed E-state index contributed by atoms with van der Waals surface area (Å²) in [5, 5.41) is 2.92. The molecule has 1 aliphatic carbocycles. The van der Waals surface area contributed by atoms with Crippen molar-refractivity contribution in [3.05, 3.63) is 18.3 Å². The van der Waals surface area contributed by atoms with Crippen LogP contribution in [-0.4, -0.2) is 29.7 Å². The number of ether oxygens (including phenoxy) is 2. The van der Waals surface area contributed by atoms with Crippen LogP contribution in [0, 0.1) is 0 Å². The Morgan fingerprint density at radius 2 is 2.00 bits per heavy atom. The summed E-state index contributed by atoms with van der Waals surface area (Å²) in [5.41, 5.74) is -0.000839. The maximum absolute atomic E-state index is 12.6. The second kappa shape index (κ2) is 7.41. The summed E-state index contributed by atoms with van der Waals surface area (Å²) in [6, 6.07) is 3.56. The predicted molar refractivity (Wildman–Crippen MR) is 81.5 cm³/mol. The molecule has 0 spiro atoms. The quantitative estimate of drug-likeness (QED) is 0.875. The first-order valence-electron chi connectivity index (χ1n) is 7.74. The molecule has 5 nitrogen and oxygen atoms in total. The summed E-state index contributed by atoms with van der Waals surface area (Å²) >= 11 is 0. The zero-order chi connectivity index (χ0) is 15.1. The Labute approximate surface area is 126 Å². The lowest BCUT2D eigenvalue weighted by Gasteiger charge is -2.35. The van der Waals surface area contributed by atoms with E-state index in [0.29, 0.717) is 24.8 Å². The highest BCUT2D eigenvalue weighted by Gasteiger charge is 2.40. The Hall–Kier alpha value is -1.62. The average Bonchev–Trinajstić information content (AvgIpc) is 2.51. The molecule has 1 aliphatic rings. The number of aromatic nitrogens is 1. The fourth-order valence-electron chi connectivity index (χ4n) is 2.77. The van der Waals surface area contributed by atoms with Gasteiger partial charge in [0.15, 0.2) is 0 Å². The molecule has 0 radical (unpaired) electrons. The van der Waals surface area contributed by atoms with Crippen LogP contribution in [-0.2, 0) is 9.53 Å². The molecular formula is C16H24N2O3. The lowest BCUT2D eigenvalue weighted by atomic mass is 9.83. The van der Waals surface area contributed by atoms with Gasteiger partial charge in [-0.05, 0) is 32.8 Å². The second-order valence-electron chi connectivity index (χ2n) is 5.26. The average molecular weight is 292 g/mol. The zero-order valence-electron chi connectivity index (χ0n) is 12.9. The summed E-state index contributed by atoms with van der Waals surface area (Å²) < 4.78 is 11.1. The molecule has 1 aromatic heterocycles. The van der Waals surface area contributed by atoms with Crippen LogP contribution in [0.2, 0.25) is 0 Å². The van der Waals surface area contributed by atoms with Crippen molar-refractivity contribution in [1.29, 1.82) is 0 Å². The standard InChI is InChI=1S/C16H24N2O3/c1-3-20-14-9-8-13(12-17-14)18-15(19)16(21-4-2)10-6-5-7-11-16/h8-9,12H,3-7,10-11H2,1-2H3,(H,18,19). The van der Waals surface area contributed by atoms with Crippen LogP contribution in [0.4, 0.5) is 5.69 Å². The highest BCUT2D eigenvalue weighted by Crippen LogP contribution is 2.33. The van der Waals surface area contributed by atoms with Gasteiger partial charge in [0.05, 0.1) is 18.5 Å². The van der Waals surface area contributed by atoms with Crippen molar-refractivity contribution in [2.45, 2.75) is 51.6 Å². The van der Waals surface area contributed by atoms with Gasteiger partial charge in [0.2, 0.25) is 5.88 Å². The number of hydrogen-bond donors (Lipinski definition) is 1. The minimum Gasteiger partial charge on any atom is -0.478 e. The van der Waals surface area contributed by atoms with Crippen LogP contribution >= 0.6 is 0 Å². The van der Waals surface area contributed by atoms with Gasteiger partial charge in [-0.1, -0.05) is 19.3 Å². The third kappa shape index (κ3) is 3.94. The Morgan fingerprint density at radius 3 is 2.57 bits per heavy atom. The van der Waals surface area contributed by atoms with Crippen molar-refractivity contribution >= 4 is 11.6 Å². The van der Waals surface area contributed by atoms with E-state index in [0.717, 1.165) is 25.7 Å². The molecule has 1 N–H and O–H groups in total. The summed E-state index contributed by atoms with van der Waals surface area (Å²) in [4.78, 5) is 16.8. The van der Waals surface area contributed by atoms with Crippen molar-refractivity contribution in [1.82, 2.24) is 4.98 Å². The lowest BCUT2D eigenvalue weighted by Crippen LogP contribution is -2.47. The molecule has 0 saturated heterocycles. The van der Waals surface area contributed by atoms with Crippen LogP contribution < -0.4 is 10.1 Å². The minimum absolute atomic E-state index is 0.0602. The number of rotatable bonds is 6. The van der Waals surface area contributed by atoms with E-state index in [4.69, 9.17) is 9.47 Å². The number of amides is 1. The highest BCUT2D eigenvalue weighted by molar-refractivity contribution is 5.97. The van der Waals surface area contributed by atoms with E-state index in [1.165, 1.54) is 6.42 Å². The van der Waals surface area contributed by atoms with E-state index in [1.807, 2.05) is 13.8 Å². The van der Waals surface area contributed by atoms with Gasteiger partial charge in [-0.2, -0.15) is 0 Å². The van der Waals surface area contributed by atoms with E-state index in [1.54, 1.807) is 18.3 Å². The number of pyridine rings is 1. The summed E-state index contributed by atoms with van der Waals surface area (Å²) in [7, 11) is 0. The molecule has 5 heteroatoms. The molecule has 0 aliphatic heterocycles. The van der Waals surface area contributed by atoms with Crippen LogP contribution in [0.15, 0.2) is 18.3 Å². The summed E-state index contributed by atoms with van der Waals surface area (Å²) in [5.74, 6) is 0.502. The van der Waals surface area contributed by atoms with Gasteiger partial charge in [0.25, 0.3) is 5.91 Å². The third-order valence-electron chi connectivity index (χ3n) is 3.78. The van der Waals surface area contributed by atoms with E-state index in [-0.39, 0.29) is 5.91 Å². The molecule has 21 heavy (non-hydrogen) atoms. The summed E-state index contributed by atoms with van der Waals surface area (Å²) in [6.45, 7) is 4.97. The normalized spacial score (nSPS) is 17.2. The zero-order valence-corrected chi connectivity index (χ0v) is 12.9. The van der Waals surface area contributed by atoms with E-state index in [9.17, 15) is 4.79 Å². The van der Waals surface area contributed by atoms with Crippen molar-refractivity contribution in [2.75, 3.05) is 18.5 Å². The number of carbonyl (C=O) groups excluding carboxylic acids is 1. The molecule has 0 unspecified atom stereocenters. The first-order chi connectivity index (χ1) is 10.2. The van der Waals surface area contributed by atoms with E-state index < -0.39 is 5.60 Å². The number of carbonyl (C=O) groups is 1. The molecule has 0 bridgehead atoms. The largest absolute Gasteiger partial charge is 0.478 e. The van der Waals surface area contributed by atoms with Crippen LogP contribution in [0.25, 0.3) is 0 Å². The molecule has 0 atom stereocenters. The Balaban J connectivity index is 2.04. The minimum atomic E-state index is -0.675. The molecule has 1 fully saturated rings. The van der Waals surface area contributed by atoms with Crippen LogP contribution in [0.5, 0.6) is 5.88 Å². The second-order valence-corrected chi connectivity index (χ2v) is 5.26. The molecule has 1 heterocycles. The molecule has 116 valence electrons. The number of nitrogens with one attached hydrogen (secondary N) is 1. The molecule has 2 rings (SSSR count). The Kier molecular flexibility index (Phi) is 5.56. The first kappa shape index (κ1) is 15.8. The molecule has 1 aromatic rings. The van der Waals surface area contributed by atoms with Crippen molar-refractivity contribution in [3.8, 4) is 5.88 Å². The number of nitrogens with zero attached hydrogens (tertiary/aromatic N) is 1. The SMILES string of the molecule is CCOc1ccc(NC(=O)C2(OCC)CCCCC2)cn1. The Bertz CT molecular complexity index is 448. The fraction of sp³-hybridized carbons (Fsp3) is 0.625. The fourth-order valence-corrected chi connectivity index (χ4v) is 2.77. The molecule has 1 saturated carbocycles. The monoisotopic (exact) mass is 292 g/mol. The summed E-state index contributed by atoms with van der Waals surface area (Å²) in [6.07, 6.45) is 6.44. The predicted octanol–water partition coefficient (Wildman–Crippen LogP) is 3.16. The highest BCUT2D eigenvalue weighted by atomic mass is 16.5. The van der Waals surface area contributed by atoms with E-state index in [2.05, 4.69) is 10.3 Å². The maximum atomic E-state index is 12.6. The van der Waals surface area contributed by atoms with Gasteiger partial charge in [-0.25, -0.2) is 4.98 Å². The lowest BCUT2D eigenvalue weighted by molar-refractivity contribution is -0.145. The third-order valence-corrected chi connectivity index (χ3v) is 3.78. The topological polar surface area (TPSA) is 60.5 Å². The smallest absolute Gasteiger partial charge is 0.256 e. The molecule has 0 aromatic carbocycles. The van der Waals surface area contributed by atoms with Gasteiger partial charge in [-0.3, -0.25) is 4.79 Å². The van der Waals surface area contributed by atoms with Gasteiger partial charge in [-0.15, -0.1) is 0 Å². The van der Waals surface area contributed by atoms with Crippen molar-refractivity contribution in [2.24, 2.45) is 0 Å². The van der Waals surface area contributed by atoms with Gasteiger partial charge >= 0.3 is 0 Å². The van der Waals surface area contributed by atoms with Gasteiger partial charge in [0, 0.05) is 12.7 Å². The van der Waals surface area contributed by atoms with Crippen molar-refractivity contribution < 1.29 is 14.3 Å². The van der Waals surface area contributed by atoms with E-state index >= 15 is 0 Å². The number of hydrogen-bond acceptors (Lipinski definition) is 4. The van der Waals surface area contributed by atoms with Crippen molar-refractivity contribution in [3.63, 3.8) is 0 Å². The number of anilines is 1. The first-order valence-corrected chi connectivity index (χ1v) is 7.74. The van der Waals surface area contributed by atoms with Crippen LogP contribution in [0.1, 0.15) is 46.0 Å².